The molecule has 0 aliphatic carbocycles. The first kappa shape index (κ1) is 14.7. The van der Waals surface area contributed by atoms with E-state index in [0.29, 0.717) is 12.4 Å². The summed E-state index contributed by atoms with van der Waals surface area (Å²) >= 11 is 3.52. The molecular weight excluding hydrogens is 316 g/mol. The Kier molecular flexibility index (Phi) is 4.85. The van der Waals surface area contributed by atoms with Crippen molar-refractivity contribution in [3.05, 3.63) is 64.6 Å². The van der Waals surface area contributed by atoms with Gasteiger partial charge in [-0.25, -0.2) is 0 Å². The molecule has 2 nitrogen and oxygen atoms in total. The molecule has 104 valence electrons. The second-order valence-electron chi connectivity index (χ2n) is 4.54. The van der Waals surface area contributed by atoms with Crippen LogP contribution < -0.4 is 9.47 Å². The highest BCUT2D eigenvalue weighted by atomic mass is 79.9. The highest BCUT2D eigenvalue weighted by Gasteiger charge is 2.11. The summed E-state index contributed by atoms with van der Waals surface area (Å²) in [6.45, 7) is 6.45. The van der Waals surface area contributed by atoms with Gasteiger partial charge >= 0.3 is 0 Å². The molecule has 0 aliphatic rings. The van der Waals surface area contributed by atoms with Crippen LogP contribution in [0.25, 0.3) is 5.57 Å². The smallest absolute Gasteiger partial charge is 0.162 e. The summed E-state index contributed by atoms with van der Waals surface area (Å²) in [5.41, 5.74) is 3.12. The van der Waals surface area contributed by atoms with E-state index in [0.717, 1.165) is 26.9 Å². The van der Waals surface area contributed by atoms with Crippen LogP contribution in [0.1, 0.15) is 18.1 Å². The van der Waals surface area contributed by atoms with Gasteiger partial charge in [-0.1, -0.05) is 52.8 Å². The Morgan fingerprint density at radius 3 is 2.45 bits per heavy atom. The quantitative estimate of drug-likeness (QED) is 0.760. The number of ether oxygens (including phenoxy) is 2. The molecule has 0 bridgehead atoms. The Labute approximate surface area is 128 Å². The van der Waals surface area contributed by atoms with Crippen molar-refractivity contribution < 1.29 is 9.47 Å². The van der Waals surface area contributed by atoms with Crippen LogP contribution in [-0.2, 0) is 6.61 Å². The molecule has 0 atom stereocenters. The number of allylic oxidation sites excluding steroid dienone is 1. The summed E-state index contributed by atoms with van der Waals surface area (Å²) in [5, 5.41) is 0. The van der Waals surface area contributed by atoms with Crippen LogP contribution in [0.4, 0.5) is 0 Å². The molecule has 3 heteroatoms. The minimum atomic E-state index is 0.508. The maximum Gasteiger partial charge on any atom is 0.162 e. The van der Waals surface area contributed by atoms with Crippen molar-refractivity contribution in [2.75, 3.05) is 7.11 Å². The maximum absolute atomic E-state index is 5.87. The fourth-order valence-electron chi connectivity index (χ4n) is 1.87. The van der Waals surface area contributed by atoms with Crippen molar-refractivity contribution in [2.24, 2.45) is 0 Å². The molecule has 20 heavy (non-hydrogen) atoms. The topological polar surface area (TPSA) is 18.5 Å². The van der Waals surface area contributed by atoms with Crippen LogP contribution in [0.5, 0.6) is 11.5 Å². The van der Waals surface area contributed by atoms with E-state index in [1.54, 1.807) is 7.11 Å². The molecule has 0 fully saturated rings. The van der Waals surface area contributed by atoms with Crippen molar-refractivity contribution in [1.29, 1.82) is 0 Å². The van der Waals surface area contributed by atoms with Crippen LogP contribution in [0.2, 0.25) is 0 Å². The molecule has 0 saturated heterocycles. The molecule has 2 aromatic rings. The van der Waals surface area contributed by atoms with E-state index >= 15 is 0 Å². The number of methoxy groups -OCH3 is 1. The third kappa shape index (κ3) is 3.42. The van der Waals surface area contributed by atoms with Crippen molar-refractivity contribution >= 4 is 21.5 Å². The average molecular weight is 333 g/mol. The average Bonchev–Trinajstić information content (AvgIpc) is 2.46. The van der Waals surface area contributed by atoms with E-state index < -0.39 is 0 Å². The van der Waals surface area contributed by atoms with Gasteiger partial charge in [-0.3, -0.25) is 0 Å². The monoisotopic (exact) mass is 332 g/mol. The van der Waals surface area contributed by atoms with Crippen LogP contribution in [-0.4, -0.2) is 7.11 Å². The zero-order valence-corrected chi connectivity index (χ0v) is 13.2. The highest BCUT2D eigenvalue weighted by Crippen LogP contribution is 2.36. The second-order valence-corrected chi connectivity index (χ2v) is 5.39. The number of halogens is 1. The Morgan fingerprint density at radius 2 is 1.85 bits per heavy atom. The van der Waals surface area contributed by atoms with Gasteiger partial charge in [0.25, 0.3) is 0 Å². The molecule has 0 amide bonds. The van der Waals surface area contributed by atoms with Crippen molar-refractivity contribution in [3.8, 4) is 11.5 Å². The summed E-state index contributed by atoms with van der Waals surface area (Å²) in [7, 11) is 1.64. The lowest BCUT2D eigenvalue weighted by atomic mass is 10.1. The Balaban J connectivity index is 2.25. The lowest BCUT2D eigenvalue weighted by Crippen LogP contribution is -1.98. The van der Waals surface area contributed by atoms with E-state index in [9.17, 15) is 0 Å². The Bertz CT molecular complexity index is 606. The van der Waals surface area contributed by atoms with Crippen LogP contribution >= 0.6 is 15.9 Å². The van der Waals surface area contributed by atoms with Crippen molar-refractivity contribution in [3.63, 3.8) is 0 Å². The molecule has 0 radical (unpaired) electrons. The van der Waals surface area contributed by atoms with E-state index in [1.807, 2.05) is 49.4 Å². The molecule has 0 heterocycles. The number of rotatable bonds is 5. The highest BCUT2D eigenvalue weighted by molar-refractivity contribution is 9.10. The Hall–Kier alpha value is -1.74. The molecule has 0 spiro atoms. The molecule has 0 aliphatic heterocycles. The fraction of sp³-hybridized carbons (Fsp3) is 0.176. The van der Waals surface area contributed by atoms with E-state index in [4.69, 9.17) is 9.47 Å². The minimum Gasteiger partial charge on any atom is -0.493 e. The van der Waals surface area contributed by atoms with Gasteiger partial charge in [0.2, 0.25) is 0 Å². The summed E-state index contributed by atoms with van der Waals surface area (Å²) in [4.78, 5) is 0. The minimum absolute atomic E-state index is 0.508. The van der Waals surface area contributed by atoms with E-state index in [-0.39, 0.29) is 0 Å². The SMILES string of the molecule is C=C(C)c1cc(OCc2ccccc2)c(OC)cc1Br. The first-order valence-corrected chi connectivity index (χ1v) is 7.11. The zero-order chi connectivity index (χ0) is 14.5. The van der Waals surface area contributed by atoms with Crippen molar-refractivity contribution in [1.82, 2.24) is 0 Å². The van der Waals surface area contributed by atoms with Crippen LogP contribution in [0.3, 0.4) is 0 Å². The van der Waals surface area contributed by atoms with Crippen LogP contribution in [0.15, 0.2) is 53.5 Å². The second kappa shape index (κ2) is 6.62. The summed E-state index contributed by atoms with van der Waals surface area (Å²) in [5.74, 6) is 1.43. The van der Waals surface area contributed by atoms with Gasteiger partial charge in [0, 0.05) is 4.47 Å². The van der Waals surface area contributed by atoms with Crippen LogP contribution in [0, 0.1) is 0 Å². The lowest BCUT2D eigenvalue weighted by molar-refractivity contribution is 0.284. The Morgan fingerprint density at radius 1 is 1.15 bits per heavy atom. The molecule has 0 unspecified atom stereocenters. The van der Waals surface area contributed by atoms with Crippen molar-refractivity contribution in [2.45, 2.75) is 13.5 Å². The van der Waals surface area contributed by atoms with Gasteiger partial charge in [0.05, 0.1) is 7.11 Å². The normalized spacial score (nSPS) is 10.2. The van der Waals surface area contributed by atoms with E-state index in [1.165, 1.54) is 0 Å². The van der Waals surface area contributed by atoms with E-state index in [2.05, 4.69) is 22.5 Å². The summed E-state index contributed by atoms with van der Waals surface area (Å²) in [6, 6.07) is 13.9. The standard InChI is InChI=1S/C17H17BrO2/c1-12(2)14-9-17(16(19-3)10-15(14)18)20-11-13-7-5-4-6-8-13/h4-10H,1,11H2,2-3H3. The van der Waals surface area contributed by atoms with Gasteiger partial charge in [0.1, 0.15) is 6.61 Å². The third-order valence-corrected chi connectivity index (χ3v) is 3.61. The predicted octanol–water partition coefficient (Wildman–Crippen LogP) is 5.07. The van der Waals surface area contributed by atoms with Gasteiger partial charge < -0.3 is 9.47 Å². The molecular formula is C17H17BrO2. The van der Waals surface area contributed by atoms with Gasteiger partial charge in [-0.15, -0.1) is 0 Å². The first-order valence-electron chi connectivity index (χ1n) is 6.32. The molecule has 0 aromatic heterocycles. The van der Waals surface area contributed by atoms with Gasteiger partial charge in [0.15, 0.2) is 11.5 Å². The number of hydrogen-bond donors (Lipinski definition) is 0. The first-order chi connectivity index (χ1) is 9.61. The molecule has 2 aromatic carbocycles. The molecule has 0 N–H and O–H groups in total. The fourth-order valence-corrected chi connectivity index (χ4v) is 2.53. The summed E-state index contributed by atoms with van der Waals surface area (Å²) in [6.07, 6.45) is 0. The number of benzene rings is 2. The number of hydrogen-bond acceptors (Lipinski definition) is 2. The molecule has 2 rings (SSSR count). The predicted molar refractivity (Wildman–Crippen MR) is 86.2 cm³/mol. The zero-order valence-electron chi connectivity index (χ0n) is 11.7. The largest absolute Gasteiger partial charge is 0.493 e. The van der Waals surface area contributed by atoms with Gasteiger partial charge in [-0.05, 0) is 35.8 Å². The third-order valence-electron chi connectivity index (χ3n) is 2.95. The summed E-state index contributed by atoms with van der Waals surface area (Å²) < 4.78 is 12.2. The maximum atomic E-state index is 5.87. The lowest BCUT2D eigenvalue weighted by Gasteiger charge is -2.14. The van der Waals surface area contributed by atoms with Gasteiger partial charge in [-0.2, -0.15) is 0 Å². The molecule has 0 saturated carbocycles.